The highest BCUT2D eigenvalue weighted by Gasteiger charge is 2.16. The molecule has 0 heterocycles. The second kappa shape index (κ2) is 5.33. The van der Waals surface area contributed by atoms with Gasteiger partial charge in [0.05, 0.1) is 11.4 Å². The third kappa shape index (κ3) is 3.86. The highest BCUT2D eigenvalue weighted by molar-refractivity contribution is 7.89. The standard InChI is InChI=1S/C10H11F2NO3S/c1-7(14)8-3-2-4-9(5-8)17(15,16)13-6-10(11)12/h2-5,10,13H,6H2,1H3. The van der Waals surface area contributed by atoms with E-state index in [0.29, 0.717) is 0 Å². The zero-order valence-corrected chi connectivity index (χ0v) is 9.80. The summed E-state index contributed by atoms with van der Waals surface area (Å²) in [4.78, 5) is 10.9. The van der Waals surface area contributed by atoms with Gasteiger partial charge < -0.3 is 0 Å². The zero-order valence-electron chi connectivity index (χ0n) is 8.98. The summed E-state index contributed by atoms with van der Waals surface area (Å²) in [6.45, 7) is 0.338. The minimum atomic E-state index is -3.99. The quantitative estimate of drug-likeness (QED) is 0.817. The molecule has 0 atom stereocenters. The maximum Gasteiger partial charge on any atom is 0.251 e. The first-order valence-corrected chi connectivity index (χ1v) is 6.20. The molecule has 0 aliphatic heterocycles. The monoisotopic (exact) mass is 263 g/mol. The number of ketones is 1. The van der Waals surface area contributed by atoms with E-state index in [1.165, 1.54) is 25.1 Å². The van der Waals surface area contributed by atoms with E-state index in [1.54, 1.807) is 4.72 Å². The van der Waals surface area contributed by atoms with E-state index in [4.69, 9.17) is 0 Å². The molecule has 1 aromatic rings. The van der Waals surface area contributed by atoms with Gasteiger partial charge in [0.1, 0.15) is 0 Å². The van der Waals surface area contributed by atoms with Gasteiger partial charge in [-0.05, 0) is 19.1 Å². The average Bonchev–Trinajstić information content (AvgIpc) is 2.27. The Balaban J connectivity index is 2.99. The van der Waals surface area contributed by atoms with E-state index in [1.807, 2.05) is 0 Å². The molecule has 1 N–H and O–H groups in total. The van der Waals surface area contributed by atoms with Gasteiger partial charge in [-0.25, -0.2) is 21.9 Å². The molecule has 0 bridgehead atoms. The summed E-state index contributed by atoms with van der Waals surface area (Å²) >= 11 is 0. The number of Topliss-reactive ketones (excluding diaryl/α,β-unsaturated/α-hetero) is 1. The fourth-order valence-corrected chi connectivity index (χ4v) is 2.19. The van der Waals surface area contributed by atoms with Gasteiger partial charge in [-0.1, -0.05) is 12.1 Å². The van der Waals surface area contributed by atoms with Crippen molar-refractivity contribution in [3.8, 4) is 0 Å². The van der Waals surface area contributed by atoms with Gasteiger partial charge in [0, 0.05) is 5.56 Å². The number of halogens is 2. The first kappa shape index (κ1) is 13.7. The lowest BCUT2D eigenvalue weighted by Gasteiger charge is -2.06. The predicted octanol–water partition coefficient (Wildman–Crippen LogP) is 1.43. The van der Waals surface area contributed by atoms with Crippen LogP contribution in [0.25, 0.3) is 0 Å². The number of nitrogens with one attached hydrogen (secondary N) is 1. The normalized spacial score (nSPS) is 11.8. The maximum atomic E-state index is 11.9. The van der Waals surface area contributed by atoms with Crippen LogP contribution in [0.2, 0.25) is 0 Å². The molecule has 0 amide bonds. The van der Waals surface area contributed by atoms with Crippen molar-refractivity contribution in [2.24, 2.45) is 0 Å². The van der Waals surface area contributed by atoms with E-state index in [2.05, 4.69) is 0 Å². The van der Waals surface area contributed by atoms with Crippen LogP contribution < -0.4 is 4.72 Å². The third-order valence-corrected chi connectivity index (χ3v) is 3.40. The number of benzene rings is 1. The van der Waals surface area contributed by atoms with Crippen LogP contribution in [0.1, 0.15) is 17.3 Å². The van der Waals surface area contributed by atoms with E-state index in [-0.39, 0.29) is 16.2 Å². The van der Waals surface area contributed by atoms with Gasteiger partial charge in [0.15, 0.2) is 5.78 Å². The van der Waals surface area contributed by atoms with Crippen molar-refractivity contribution in [2.45, 2.75) is 18.2 Å². The topological polar surface area (TPSA) is 63.2 Å². The SMILES string of the molecule is CC(=O)c1cccc(S(=O)(=O)NCC(F)F)c1. The van der Waals surface area contributed by atoms with E-state index in [9.17, 15) is 22.0 Å². The van der Waals surface area contributed by atoms with Gasteiger partial charge in [0.2, 0.25) is 10.0 Å². The maximum absolute atomic E-state index is 11.9. The molecule has 0 saturated heterocycles. The van der Waals surface area contributed by atoms with Crippen LogP contribution in [0.3, 0.4) is 0 Å². The second-order valence-corrected chi connectivity index (χ2v) is 5.09. The Kier molecular flexibility index (Phi) is 4.30. The average molecular weight is 263 g/mol. The molecule has 4 nitrogen and oxygen atoms in total. The highest BCUT2D eigenvalue weighted by atomic mass is 32.2. The lowest BCUT2D eigenvalue weighted by atomic mass is 10.2. The summed E-state index contributed by atoms with van der Waals surface area (Å²) in [5.41, 5.74) is 0.213. The van der Waals surface area contributed by atoms with Gasteiger partial charge in [-0.3, -0.25) is 4.79 Å². The molecule has 0 unspecified atom stereocenters. The molecule has 0 radical (unpaired) electrons. The molecular weight excluding hydrogens is 252 g/mol. The van der Waals surface area contributed by atoms with Gasteiger partial charge >= 0.3 is 0 Å². The Morgan fingerprint density at radius 3 is 2.59 bits per heavy atom. The van der Waals surface area contributed by atoms with Crippen LogP contribution in [0.15, 0.2) is 29.2 Å². The van der Waals surface area contributed by atoms with Gasteiger partial charge in [0.25, 0.3) is 6.43 Å². The first-order chi connectivity index (χ1) is 7.83. The smallest absolute Gasteiger partial charge is 0.251 e. The van der Waals surface area contributed by atoms with Crippen molar-refractivity contribution in [1.82, 2.24) is 4.72 Å². The third-order valence-electron chi connectivity index (χ3n) is 1.98. The van der Waals surface area contributed by atoms with Crippen LogP contribution in [0.5, 0.6) is 0 Å². The van der Waals surface area contributed by atoms with Crippen LogP contribution in [0, 0.1) is 0 Å². The molecule has 0 fully saturated rings. The molecular formula is C10H11F2NO3S. The van der Waals surface area contributed by atoms with Crippen molar-refractivity contribution in [2.75, 3.05) is 6.54 Å². The van der Waals surface area contributed by atoms with Crippen molar-refractivity contribution >= 4 is 15.8 Å². The molecule has 17 heavy (non-hydrogen) atoms. The van der Waals surface area contributed by atoms with Crippen molar-refractivity contribution in [3.63, 3.8) is 0 Å². The van der Waals surface area contributed by atoms with Crippen LogP contribution in [-0.4, -0.2) is 27.2 Å². The summed E-state index contributed by atoms with van der Waals surface area (Å²) in [5, 5.41) is 0. The number of sulfonamides is 1. The Bertz CT molecular complexity index is 514. The highest BCUT2D eigenvalue weighted by Crippen LogP contribution is 2.12. The number of hydrogen-bond acceptors (Lipinski definition) is 3. The Morgan fingerprint density at radius 1 is 1.41 bits per heavy atom. The zero-order chi connectivity index (χ0) is 13.1. The molecule has 1 rings (SSSR count). The van der Waals surface area contributed by atoms with Crippen molar-refractivity contribution in [1.29, 1.82) is 0 Å². The Labute approximate surface area is 97.7 Å². The largest absolute Gasteiger partial charge is 0.295 e. The number of hydrogen-bond donors (Lipinski definition) is 1. The summed E-state index contributed by atoms with van der Waals surface area (Å²) in [7, 11) is -3.99. The number of alkyl halides is 2. The number of carbonyl (C=O) groups excluding carboxylic acids is 1. The number of rotatable bonds is 5. The van der Waals surface area contributed by atoms with Crippen LogP contribution >= 0.6 is 0 Å². The fraction of sp³-hybridized carbons (Fsp3) is 0.300. The molecule has 0 spiro atoms. The van der Waals surface area contributed by atoms with E-state index >= 15 is 0 Å². The summed E-state index contributed by atoms with van der Waals surface area (Å²) in [5.74, 6) is -0.295. The number of carbonyl (C=O) groups is 1. The summed E-state index contributed by atoms with van der Waals surface area (Å²) in [6, 6.07) is 5.22. The van der Waals surface area contributed by atoms with E-state index < -0.39 is 23.0 Å². The molecule has 0 aliphatic rings. The van der Waals surface area contributed by atoms with Gasteiger partial charge in [-0.15, -0.1) is 0 Å². The second-order valence-electron chi connectivity index (χ2n) is 3.33. The fourth-order valence-electron chi connectivity index (χ4n) is 1.14. The first-order valence-electron chi connectivity index (χ1n) is 4.72. The predicted molar refractivity (Wildman–Crippen MR) is 57.6 cm³/mol. The minimum absolute atomic E-state index is 0.203. The minimum Gasteiger partial charge on any atom is -0.295 e. The van der Waals surface area contributed by atoms with Gasteiger partial charge in [-0.2, -0.15) is 0 Å². The molecule has 0 saturated carbocycles. The molecule has 0 aliphatic carbocycles. The molecule has 7 heteroatoms. The van der Waals surface area contributed by atoms with Crippen molar-refractivity contribution in [3.05, 3.63) is 29.8 Å². The Hall–Kier alpha value is -1.34. The molecule has 1 aromatic carbocycles. The van der Waals surface area contributed by atoms with Crippen LogP contribution in [0.4, 0.5) is 8.78 Å². The molecule has 0 aromatic heterocycles. The molecule has 94 valence electrons. The lowest BCUT2D eigenvalue weighted by Crippen LogP contribution is -2.28. The summed E-state index contributed by atoms with van der Waals surface area (Å²) < 4.78 is 48.7. The van der Waals surface area contributed by atoms with E-state index in [0.717, 1.165) is 6.07 Å². The lowest BCUT2D eigenvalue weighted by molar-refractivity contribution is 0.101. The Morgan fingerprint density at radius 2 is 2.06 bits per heavy atom. The van der Waals surface area contributed by atoms with Crippen molar-refractivity contribution < 1.29 is 22.0 Å². The summed E-state index contributed by atoms with van der Waals surface area (Å²) in [6.07, 6.45) is -2.76. The van der Waals surface area contributed by atoms with Crippen LogP contribution in [-0.2, 0) is 10.0 Å².